The highest BCUT2D eigenvalue weighted by molar-refractivity contribution is 5.89. The topological polar surface area (TPSA) is 47.8 Å². The number of benzene rings is 2. The van der Waals surface area contributed by atoms with Gasteiger partial charge in [0, 0.05) is 12.8 Å². The van der Waals surface area contributed by atoms with Crippen molar-refractivity contribution in [3.05, 3.63) is 59.7 Å². The summed E-state index contributed by atoms with van der Waals surface area (Å²) in [6, 6.07) is 13.2. The van der Waals surface area contributed by atoms with Gasteiger partial charge in [-0.1, -0.05) is 36.4 Å². The van der Waals surface area contributed by atoms with E-state index in [0.29, 0.717) is 12.8 Å². The Morgan fingerprint density at radius 2 is 1.96 bits per heavy atom. The lowest BCUT2D eigenvalue weighted by Gasteiger charge is -2.12. The van der Waals surface area contributed by atoms with Gasteiger partial charge in [0.05, 0.1) is 6.54 Å². The number of aromatic nitrogens is 3. The predicted molar refractivity (Wildman–Crippen MR) is 89.4 cm³/mol. The number of aryl methyl sites for hydroxylation is 1. The van der Waals surface area contributed by atoms with Gasteiger partial charge in [0.15, 0.2) is 0 Å². The molecule has 1 aliphatic carbocycles. The summed E-state index contributed by atoms with van der Waals surface area (Å²) in [4.78, 5) is 10.6. The van der Waals surface area contributed by atoms with E-state index in [9.17, 15) is 4.79 Å². The number of nitrogens with zero attached hydrogens (tertiary/aromatic N) is 3. The third kappa shape index (κ3) is 2.77. The van der Waals surface area contributed by atoms with E-state index >= 15 is 0 Å². The number of aldehydes is 1. The van der Waals surface area contributed by atoms with Gasteiger partial charge in [-0.25, -0.2) is 0 Å². The molecule has 0 radical (unpaired) electrons. The number of hydrogen-bond acceptors (Lipinski definition) is 3. The minimum Gasteiger partial charge on any atom is -0.313 e. The van der Waals surface area contributed by atoms with E-state index in [-0.39, 0.29) is 0 Å². The second-order valence-electron chi connectivity index (χ2n) is 6.21. The molecule has 4 rings (SSSR count). The second-order valence-corrected chi connectivity index (χ2v) is 6.21. The van der Waals surface area contributed by atoms with Crippen molar-refractivity contribution < 1.29 is 4.79 Å². The molecular weight excluding hydrogens is 286 g/mol. The Balaban J connectivity index is 1.71. The van der Waals surface area contributed by atoms with Crippen molar-refractivity contribution in [1.29, 1.82) is 0 Å². The molecule has 0 N–H and O–H groups in total. The van der Waals surface area contributed by atoms with Crippen molar-refractivity contribution >= 4 is 17.1 Å². The van der Waals surface area contributed by atoms with E-state index in [1.807, 2.05) is 4.57 Å². The summed E-state index contributed by atoms with van der Waals surface area (Å²) in [5, 5.41) is 10.8. The summed E-state index contributed by atoms with van der Waals surface area (Å²) in [7, 11) is 0. The molecule has 1 fully saturated rings. The highest BCUT2D eigenvalue weighted by Gasteiger charge is 2.25. The normalized spacial score (nSPS) is 14.3. The maximum absolute atomic E-state index is 10.6. The first kappa shape index (κ1) is 14.1. The van der Waals surface area contributed by atoms with E-state index in [2.05, 4.69) is 46.6 Å². The van der Waals surface area contributed by atoms with E-state index in [1.54, 1.807) is 6.33 Å². The van der Waals surface area contributed by atoms with Gasteiger partial charge >= 0.3 is 0 Å². The number of rotatable bonds is 6. The zero-order valence-electron chi connectivity index (χ0n) is 13.0. The maximum Gasteiger partial charge on any atom is 0.133 e. The van der Waals surface area contributed by atoms with Crippen LogP contribution in [-0.2, 0) is 17.8 Å². The summed E-state index contributed by atoms with van der Waals surface area (Å²) in [6.07, 6.45) is 6.43. The lowest BCUT2D eigenvalue weighted by molar-refractivity contribution is -0.107. The molecule has 0 amide bonds. The van der Waals surface area contributed by atoms with Crippen molar-refractivity contribution in [2.24, 2.45) is 0 Å². The average Bonchev–Trinajstić information content (AvgIpc) is 3.34. The molecule has 0 atom stereocenters. The Labute approximate surface area is 135 Å². The van der Waals surface area contributed by atoms with Gasteiger partial charge in [0.2, 0.25) is 0 Å². The summed E-state index contributed by atoms with van der Waals surface area (Å²) >= 11 is 0. The van der Waals surface area contributed by atoms with E-state index in [0.717, 1.165) is 24.6 Å². The maximum atomic E-state index is 10.6. The number of carbonyl (C=O) groups is 1. The first-order valence-electron chi connectivity index (χ1n) is 8.17. The highest BCUT2D eigenvalue weighted by atomic mass is 16.1. The molecule has 1 heterocycles. The van der Waals surface area contributed by atoms with Crippen LogP contribution < -0.4 is 0 Å². The van der Waals surface area contributed by atoms with Crippen LogP contribution in [0, 0.1) is 0 Å². The fourth-order valence-electron chi connectivity index (χ4n) is 3.25. The van der Waals surface area contributed by atoms with Crippen molar-refractivity contribution in [3.63, 3.8) is 0 Å². The highest BCUT2D eigenvalue weighted by Crippen LogP contribution is 2.43. The van der Waals surface area contributed by atoms with E-state index in [1.165, 1.54) is 34.7 Å². The lowest BCUT2D eigenvalue weighted by atomic mass is 9.97. The van der Waals surface area contributed by atoms with Crippen molar-refractivity contribution in [2.45, 2.75) is 38.1 Å². The minimum absolute atomic E-state index is 0.486. The SMILES string of the molecule is O=CCCc1nncn1Cc1ccc(C2CC2)c2ccccc12. The molecule has 116 valence electrons. The van der Waals surface area contributed by atoms with Crippen LogP contribution in [0.2, 0.25) is 0 Å². The van der Waals surface area contributed by atoms with Gasteiger partial charge in [-0.2, -0.15) is 0 Å². The molecule has 1 aliphatic rings. The van der Waals surface area contributed by atoms with Crippen LogP contribution >= 0.6 is 0 Å². The number of carbonyl (C=O) groups excluding carboxylic acids is 1. The van der Waals surface area contributed by atoms with Crippen LogP contribution in [0.4, 0.5) is 0 Å². The van der Waals surface area contributed by atoms with Gasteiger partial charge < -0.3 is 9.36 Å². The fraction of sp³-hybridized carbons (Fsp3) is 0.316. The van der Waals surface area contributed by atoms with Crippen LogP contribution in [0.3, 0.4) is 0 Å². The van der Waals surface area contributed by atoms with Crippen LogP contribution in [0.15, 0.2) is 42.7 Å². The standard InChI is InChI=1S/C19H19N3O/c23-11-3-6-19-21-20-13-22(19)12-15-9-10-17(14-7-8-14)18-5-2-1-4-16(15)18/h1-2,4-5,9-11,13-14H,3,6-8,12H2. The summed E-state index contributed by atoms with van der Waals surface area (Å²) in [5.41, 5.74) is 2.76. The third-order valence-electron chi connectivity index (χ3n) is 4.59. The molecule has 0 bridgehead atoms. The summed E-state index contributed by atoms with van der Waals surface area (Å²) in [6.45, 7) is 0.743. The van der Waals surface area contributed by atoms with Crippen molar-refractivity contribution in [3.8, 4) is 0 Å². The van der Waals surface area contributed by atoms with Gasteiger partial charge in [0.25, 0.3) is 0 Å². The Hall–Kier alpha value is -2.49. The molecule has 4 heteroatoms. The van der Waals surface area contributed by atoms with Gasteiger partial charge in [0.1, 0.15) is 18.4 Å². The molecule has 1 aromatic heterocycles. The second kappa shape index (κ2) is 5.95. The molecule has 0 aliphatic heterocycles. The first-order valence-corrected chi connectivity index (χ1v) is 8.17. The summed E-state index contributed by atoms with van der Waals surface area (Å²) < 4.78 is 2.04. The molecule has 3 aromatic rings. The van der Waals surface area contributed by atoms with Crippen LogP contribution in [-0.4, -0.2) is 21.1 Å². The number of hydrogen-bond donors (Lipinski definition) is 0. The Morgan fingerprint density at radius 3 is 2.74 bits per heavy atom. The quantitative estimate of drug-likeness (QED) is 0.655. The smallest absolute Gasteiger partial charge is 0.133 e. The lowest BCUT2D eigenvalue weighted by Crippen LogP contribution is -2.05. The van der Waals surface area contributed by atoms with Crippen LogP contribution in [0.25, 0.3) is 10.8 Å². The fourth-order valence-corrected chi connectivity index (χ4v) is 3.25. The number of fused-ring (bicyclic) bond motifs is 1. The molecule has 0 unspecified atom stereocenters. The molecule has 0 spiro atoms. The van der Waals surface area contributed by atoms with Crippen LogP contribution in [0.5, 0.6) is 0 Å². The molecular formula is C19H19N3O. The summed E-state index contributed by atoms with van der Waals surface area (Å²) in [5.74, 6) is 1.61. The van der Waals surface area contributed by atoms with Crippen molar-refractivity contribution in [1.82, 2.24) is 14.8 Å². The predicted octanol–water partition coefficient (Wildman–Crippen LogP) is 3.49. The molecule has 4 nitrogen and oxygen atoms in total. The first-order chi connectivity index (χ1) is 11.4. The van der Waals surface area contributed by atoms with Gasteiger partial charge in [-0.15, -0.1) is 10.2 Å². The van der Waals surface area contributed by atoms with E-state index in [4.69, 9.17) is 0 Å². The Morgan fingerprint density at radius 1 is 1.13 bits per heavy atom. The molecule has 0 saturated heterocycles. The van der Waals surface area contributed by atoms with E-state index < -0.39 is 0 Å². The minimum atomic E-state index is 0.486. The average molecular weight is 305 g/mol. The monoisotopic (exact) mass is 305 g/mol. The largest absolute Gasteiger partial charge is 0.313 e. The zero-order chi connectivity index (χ0) is 15.6. The van der Waals surface area contributed by atoms with Gasteiger partial charge in [-0.05, 0) is 40.7 Å². The molecule has 2 aromatic carbocycles. The third-order valence-corrected chi connectivity index (χ3v) is 4.59. The zero-order valence-corrected chi connectivity index (χ0v) is 13.0. The van der Waals surface area contributed by atoms with Crippen molar-refractivity contribution in [2.75, 3.05) is 0 Å². The van der Waals surface area contributed by atoms with Gasteiger partial charge in [-0.3, -0.25) is 0 Å². The molecule has 1 saturated carbocycles. The Bertz CT molecular complexity index is 849. The van der Waals surface area contributed by atoms with Crippen LogP contribution in [0.1, 0.15) is 42.1 Å². The molecule has 23 heavy (non-hydrogen) atoms. The Kier molecular flexibility index (Phi) is 3.66.